The van der Waals surface area contributed by atoms with Crippen molar-refractivity contribution in [3.8, 4) is 11.4 Å². The van der Waals surface area contributed by atoms with E-state index < -0.39 is 0 Å². The molecule has 0 aliphatic rings. The molecule has 0 spiro atoms. The predicted molar refractivity (Wildman–Crippen MR) is 117 cm³/mol. The number of hydrogen-bond donors (Lipinski definition) is 2. The number of aromatic nitrogens is 2. The number of aliphatic imine (C=N–C) groups is 1. The van der Waals surface area contributed by atoms with E-state index in [1.807, 2.05) is 31.2 Å². The van der Waals surface area contributed by atoms with Crippen molar-refractivity contribution in [3.63, 3.8) is 0 Å². The van der Waals surface area contributed by atoms with E-state index in [0.717, 1.165) is 18.1 Å². The summed E-state index contributed by atoms with van der Waals surface area (Å²) in [5, 5.41) is 11.3. The third-order valence-electron chi connectivity index (χ3n) is 3.87. The summed E-state index contributed by atoms with van der Waals surface area (Å²) in [5.41, 5.74) is 0.878. The molecule has 6 nitrogen and oxygen atoms in total. The fourth-order valence-corrected chi connectivity index (χ4v) is 2.16. The number of nitrogens with one attached hydrogen (secondary N) is 2. The van der Waals surface area contributed by atoms with Crippen molar-refractivity contribution >= 4 is 41.5 Å². The Morgan fingerprint density at radius 1 is 1.23 bits per heavy atom. The summed E-state index contributed by atoms with van der Waals surface area (Å²) < 4.78 is 5.31. The molecule has 0 bridgehead atoms. The molecule has 8 heteroatoms. The van der Waals surface area contributed by atoms with Crippen LogP contribution in [0.3, 0.4) is 0 Å². The molecule has 0 fully saturated rings. The zero-order valence-corrected chi connectivity index (χ0v) is 18.7. The Morgan fingerprint density at radius 3 is 2.54 bits per heavy atom. The van der Waals surface area contributed by atoms with Crippen LogP contribution < -0.4 is 10.6 Å². The third-order valence-corrected chi connectivity index (χ3v) is 4.13. The topological polar surface area (TPSA) is 75.3 Å². The van der Waals surface area contributed by atoms with Gasteiger partial charge in [-0.3, -0.25) is 4.99 Å². The molecule has 0 saturated heterocycles. The minimum Gasteiger partial charge on any atom is -0.357 e. The molecule has 1 aromatic heterocycles. The molecule has 1 heterocycles. The van der Waals surface area contributed by atoms with E-state index >= 15 is 0 Å². The van der Waals surface area contributed by atoms with Crippen LogP contribution in [0.1, 0.15) is 33.6 Å². The SMILES string of the molecule is CCNC(=NCCc1nc(-c2ccc(Cl)cc2)no1)NC(C)C(C)C.I. The van der Waals surface area contributed by atoms with E-state index in [1.165, 1.54) is 0 Å². The second kappa shape index (κ2) is 11.4. The number of halogens is 2. The van der Waals surface area contributed by atoms with Gasteiger partial charge >= 0.3 is 0 Å². The monoisotopic (exact) mass is 491 g/mol. The molecular formula is C18H27ClIN5O. The predicted octanol–water partition coefficient (Wildman–Crippen LogP) is 4.15. The molecule has 144 valence electrons. The average molecular weight is 492 g/mol. The summed E-state index contributed by atoms with van der Waals surface area (Å²) in [6, 6.07) is 7.70. The molecule has 26 heavy (non-hydrogen) atoms. The summed E-state index contributed by atoms with van der Waals surface area (Å²) >= 11 is 5.89. The Kier molecular flexibility index (Phi) is 9.93. The van der Waals surface area contributed by atoms with Gasteiger partial charge in [-0.05, 0) is 44.0 Å². The van der Waals surface area contributed by atoms with Gasteiger partial charge in [0.05, 0.1) is 6.54 Å². The van der Waals surface area contributed by atoms with Gasteiger partial charge in [0.1, 0.15) is 0 Å². The van der Waals surface area contributed by atoms with Crippen LogP contribution in [0.4, 0.5) is 0 Å². The fraction of sp³-hybridized carbons (Fsp3) is 0.500. The Balaban J connectivity index is 0.00000338. The maximum absolute atomic E-state index is 5.89. The van der Waals surface area contributed by atoms with Gasteiger partial charge in [-0.2, -0.15) is 4.98 Å². The smallest absolute Gasteiger partial charge is 0.228 e. The maximum Gasteiger partial charge on any atom is 0.228 e. The average Bonchev–Trinajstić information content (AvgIpc) is 3.04. The quantitative estimate of drug-likeness (QED) is 0.346. The van der Waals surface area contributed by atoms with Crippen LogP contribution in [-0.4, -0.2) is 35.2 Å². The molecule has 0 aliphatic heterocycles. The second-order valence-corrected chi connectivity index (χ2v) is 6.64. The first-order valence-electron chi connectivity index (χ1n) is 8.63. The van der Waals surface area contributed by atoms with E-state index in [9.17, 15) is 0 Å². The lowest BCUT2D eigenvalue weighted by Crippen LogP contribution is -2.44. The maximum atomic E-state index is 5.89. The van der Waals surface area contributed by atoms with Crippen LogP contribution in [0.15, 0.2) is 33.8 Å². The zero-order valence-electron chi connectivity index (χ0n) is 15.6. The second-order valence-electron chi connectivity index (χ2n) is 6.21. The van der Waals surface area contributed by atoms with Gasteiger partial charge in [0.2, 0.25) is 11.7 Å². The van der Waals surface area contributed by atoms with Crippen molar-refractivity contribution in [2.24, 2.45) is 10.9 Å². The van der Waals surface area contributed by atoms with Crippen molar-refractivity contribution < 1.29 is 4.52 Å². The van der Waals surface area contributed by atoms with Crippen molar-refractivity contribution in [2.45, 2.75) is 40.2 Å². The Labute approximate surface area is 177 Å². The van der Waals surface area contributed by atoms with Crippen LogP contribution in [0.5, 0.6) is 0 Å². The van der Waals surface area contributed by atoms with Crippen LogP contribution in [-0.2, 0) is 6.42 Å². The van der Waals surface area contributed by atoms with Crippen molar-refractivity contribution in [1.29, 1.82) is 0 Å². The van der Waals surface area contributed by atoms with Crippen LogP contribution in [0.2, 0.25) is 5.02 Å². The van der Waals surface area contributed by atoms with E-state index in [1.54, 1.807) is 0 Å². The highest BCUT2D eigenvalue weighted by Crippen LogP contribution is 2.18. The highest BCUT2D eigenvalue weighted by Gasteiger charge is 2.10. The van der Waals surface area contributed by atoms with E-state index in [4.69, 9.17) is 16.1 Å². The first-order valence-corrected chi connectivity index (χ1v) is 9.00. The molecular weight excluding hydrogens is 465 g/mol. The first kappa shape index (κ1) is 22.7. The van der Waals surface area contributed by atoms with Crippen LogP contribution >= 0.6 is 35.6 Å². The Hall–Kier alpha value is -1.35. The van der Waals surface area contributed by atoms with Crippen LogP contribution in [0.25, 0.3) is 11.4 Å². The minimum atomic E-state index is 0. The van der Waals surface area contributed by atoms with Gasteiger partial charge < -0.3 is 15.2 Å². The van der Waals surface area contributed by atoms with Gasteiger partial charge in [-0.25, -0.2) is 0 Å². The number of hydrogen-bond acceptors (Lipinski definition) is 4. The molecule has 1 unspecified atom stereocenters. The van der Waals surface area contributed by atoms with Crippen LogP contribution in [0, 0.1) is 5.92 Å². The van der Waals surface area contributed by atoms with E-state index in [-0.39, 0.29) is 24.0 Å². The lowest BCUT2D eigenvalue weighted by molar-refractivity contribution is 0.380. The van der Waals surface area contributed by atoms with Crippen molar-refractivity contribution in [1.82, 2.24) is 20.8 Å². The summed E-state index contributed by atoms with van der Waals surface area (Å²) in [6.45, 7) is 9.94. The zero-order chi connectivity index (χ0) is 18.2. The highest BCUT2D eigenvalue weighted by molar-refractivity contribution is 14.0. The lowest BCUT2D eigenvalue weighted by atomic mass is 10.1. The summed E-state index contributed by atoms with van der Waals surface area (Å²) in [7, 11) is 0. The van der Waals surface area contributed by atoms with Gasteiger partial charge in [0, 0.05) is 29.6 Å². The van der Waals surface area contributed by atoms with Gasteiger partial charge in [-0.1, -0.05) is 30.6 Å². The fourth-order valence-electron chi connectivity index (χ4n) is 2.04. The summed E-state index contributed by atoms with van der Waals surface area (Å²) in [5.74, 6) is 2.47. The van der Waals surface area contributed by atoms with Gasteiger partial charge in [0.25, 0.3) is 0 Å². The number of benzene rings is 1. The molecule has 2 aromatic rings. The number of nitrogens with zero attached hydrogens (tertiary/aromatic N) is 3. The largest absolute Gasteiger partial charge is 0.357 e. The number of rotatable bonds is 7. The normalized spacial score (nSPS) is 12.6. The van der Waals surface area contributed by atoms with Crippen molar-refractivity contribution in [3.05, 3.63) is 35.2 Å². The molecule has 2 rings (SSSR count). The summed E-state index contributed by atoms with van der Waals surface area (Å²) in [4.78, 5) is 8.99. The van der Waals surface area contributed by atoms with E-state index in [2.05, 4.69) is 46.5 Å². The van der Waals surface area contributed by atoms with E-state index in [0.29, 0.717) is 41.7 Å². The number of guanidine groups is 1. The molecule has 2 N–H and O–H groups in total. The summed E-state index contributed by atoms with van der Waals surface area (Å²) in [6.07, 6.45) is 0.590. The van der Waals surface area contributed by atoms with Gasteiger partial charge in [-0.15, -0.1) is 24.0 Å². The third kappa shape index (κ3) is 7.11. The van der Waals surface area contributed by atoms with Crippen molar-refractivity contribution in [2.75, 3.05) is 13.1 Å². The molecule has 0 amide bonds. The molecule has 1 atom stereocenters. The Bertz CT molecular complexity index is 687. The molecule has 0 aliphatic carbocycles. The minimum absolute atomic E-state index is 0. The lowest BCUT2D eigenvalue weighted by Gasteiger charge is -2.20. The molecule has 1 aromatic carbocycles. The standard InChI is InChI=1S/C18H26ClN5O.HI/c1-5-20-18(22-13(4)12(2)3)21-11-10-16-23-17(24-25-16)14-6-8-15(19)9-7-14;/h6-9,12-13H,5,10-11H2,1-4H3,(H2,20,21,22);1H. The highest BCUT2D eigenvalue weighted by atomic mass is 127. The molecule has 0 radical (unpaired) electrons. The first-order chi connectivity index (χ1) is 12.0. The molecule has 0 saturated carbocycles. The Morgan fingerprint density at radius 2 is 1.92 bits per heavy atom. The van der Waals surface area contributed by atoms with Gasteiger partial charge in [0.15, 0.2) is 5.96 Å².